The van der Waals surface area contributed by atoms with E-state index in [1.165, 1.54) is 19.3 Å². The minimum atomic E-state index is -0.322. The molecule has 0 saturated heterocycles. The van der Waals surface area contributed by atoms with Crippen molar-refractivity contribution in [2.45, 2.75) is 58.0 Å². The number of nitro benzene ring substituents is 1. The minimum Gasteiger partial charge on any atom is -0.307 e. The normalized spacial score (nSPS) is 17.7. The van der Waals surface area contributed by atoms with Crippen molar-refractivity contribution in [3.05, 3.63) is 39.9 Å². The fourth-order valence-corrected chi connectivity index (χ4v) is 2.70. The van der Waals surface area contributed by atoms with Crippen molar-refractivity contribution < 1.29 is 4.92 Å². The molecule has 0 aromatic heterocycles. The van der Waals surface area contributed by atoms with Gasteiger partial charge in [-0.25, -0.2) is 0 Å². The van der Waals surface area contributed by atoms with Crippen LogP contribution in [0.4, 0.5) is 5.69 Å². The summed E-state index contributed by atoms with van der Waals surface area (Å²) in [5, 5.41) is 14.6. The molecule has 1 aromatic rings. The number of nitro groups is 1. The maximum absolute atomic E-state index is 10.9. The van der Waals surface area contributed by atoms with Crippen molar-refractivity contribution in [2.24, 2.45) is 5.92 Å². The van der Waals surface area contributed by atoms with Gasteiger partial charge in [-0.05, 0) is 30.7 Å². The quantitative estimate of drug-likeness (QED) is 0.571. The molecule has 4 heteroatoms. The highest BCUT2D eigenvalue weighted by Gasteiger charge is 2.26. The van der Waals surface area contributed by atoms with Crippen LogP contribution in [0.2, 0.25) is 0 Å². The lowest BCUT2D eigenvalue weighted by atomic mass is 10.00. The Morgan fingerprint density at radius 2 is 2.10 bits per heavy atom. The molecular formula is C16H24N2O2. The number of hydrogen-bond acceptors (Lipinski definition) is 3. The van der Waals surface area contributed by atoms with Crippen molar-refractivity contribution in [3.63, 3.8) is 0 Å². The van der Waals surface area contributed by atoms with E-state index in [9.17, 15) is 10.1 Å². The van der Waals surface area contributed by atoms with Crippen molar-refractivity contribution >= 4 is 5.69 Å². The van der Waals surface area contributed by atoms with Gasteiger partial charge in [0.1, 0.15) is 0 Å². The molecule has 1 saturated carbocycles. The second-order valence-corrected chi connectivity index (χ2v) is 5.76. The summed E-state index contributed by atoms with van der Waals surface area (Å²) in [5.74, 6) is 0.898. The zero-order valence-corrected chi connectivity index (χ0v) is 12.3. The highest BCUT2D eigenvalue weighted by molar-refractivity contribution is 5.35. The molecule has 1 aromatic carbocycles. The third kappa shape index (κ3) is 4.04. The third-order valence-electron chi connectivity index (χ3n) is 4.14. The summed E-state index contributed by atoms with van der Waals surface area (Å²) in [6, 6.07) is 7.74. The molecular weight excluding hydrogens is 252 g/mol. The molecule has 0 amide bonds. The average molecular weight is 276 g/mol. The molecule has 110 valence electrons. The van der Waals surface area contributed by atoms with Crippen molar-refractivity contribution in [3.8, 4) is 0 Å². The van der Waals surface area contributed by atoms with Gasteiger partial charge in [0, 0.05) is 24.2 Å². The van der Waals surface area contributed by atoms with Crippen LogP contribution in [0.25, 0.3) is 0 Å². The van der Waals surface area contributed by atoms with Gasteiger partial charge in [0.05, 0.1) is 4.92 Å². The van der Waals surface area contributed by atoms with Gasteiger partial charge in [-0.3, -0.25) is 10.1 Å². The van der Waals surface area contributed by atoms with E-state index < -0.39 is 0 Å². The SMILES string of the molecule is CCC(CC1CC1)NC(CC)c1cccc([N+](=O)[O-])c1. The molecule has 0 heterocycles. The Morgan fingerprint density at radius 1 is 1.35 bits per heavy atom. The summed E-state index contributed by atoms with van der Waals surface area (Å²) in [6.45, 7) is 4.33. The molecule has 1 N–H and O–H groups in total. The lowest BCUT2D eigenvalue weighted by Gasteiger charge is -2.24. The van der Waals surface area contributed by atoms with Gasteiger partial charge in [-0.15, -0.1) is 0 Å². The van der Waals surface area contributed by atoms with Crippen LogP contribution in [0.15, 0.2) is 24.3 Å². The van der Waals surface area contributed by atoms with Crippen LogP contribution >= 0.6 is 0 Å². The van der Waals surface area contributed by atoms with E-state index in [1.807, 2.05) is 6.07 Å². The van der Waals surface area contributed by atoms with Crippen LogP contribution in [-0.4, -0.2) is 11.0 Å². The van der Waals surface area contributed by atoms with Crippen molar-refractivity contribution in [2.75, 3.05) is 0 Å². The molecule has 2 atom stereocenters. The van der Waals surface area contributed by atoms with Gasteiger partial charge in [-0.2, -0.15) is 0 Å². The number of rotatable bonds is 8. The van der Waals surface area contributed by atoms with Crippen molar-refractivity contribution in [1.82, 2.24) is 5.32 Å². The summed E-state index contributed by atoms with van der Waals surface area (Å²) in [7, 11) is 0. The number of hydrogen-bond donors (Lipinski definition) is 1. The van der Waals surface area contributed by atoms with E-state index in [-0.39, 0.29) is 16.7 Å². The third-order valence-corrected chi connectivity index (χ3v) is 4.14. The van der Waals surface area contributed by atoms with Crippen LogP contribution in [0.5, 0.6) is 0 Å². The first-order valence-corrected chi connectivity index (χ1v) is 7.64. The maximum atomic E-state index is 10.9. The van der Waals surface area contributed by atoms with Gasteiger partial charge in [0.15, 0.2) is 0 Å². The summed E-state index contributed by atoms with van der Waals surface area (Å²) in [6.07, 6.45) is 6.03. The van der Waals surface area contributed by atoms with E-state index in [0.29, 0.717) is 6.04 Å². The first-order valence-electron chi connectivity index (χ1n) is 7.64. The van der Waals surface area contributed by atoms with Crippen LogP contribution in [0.3, 0.4) is 0 Å². The summed E-state index contributed by atoms with van der Waals surface area (Å²) in [5.41, 5.74) is 1.20. The van der Waals surface area contributed by atoms with Gasteiger partial charge < -0.3 is 5.32 Å². The Labute approximate surface area is 120 Å². The molecule has 4 nitrogen and oxygen atoms in total. The van der Waals surface area contributed by atoms with Gasteiger partial charge >= 0.3 is 0 Å². The highest BCUT2D eigenvalue weighted by atomic mass is 16.6. The monoisotopic (exact) mass is 276 g/mol. The van der Waals surface area contributed by atoms with E-state index in [4.69, 9.17) is 0 Å². The molecule has 1 aliphatic carbocycles. The van der Waals surface area contributed by atoms with Crippen LogP contribution < -0.4 is 5.32 Å². The van der Waals surface area contributed by atoms with E-state index in [2.05, 4.69) is 19.2 Å². The van der Waals surface area contributed by atoms with E-state index in [1.54, 1.807) is 18.2 Å². The fourth-order valence-electron chi connectivity index (χ4n) is 2.70. The molecule has 2 unspecified atom stereocenters. The molecule has 0 radical (unpaired) electrons. The first-order chi connectivity index (χ1) is 9.63. The second-order valence-electron chi connectivity index (χ2n) is 5.76. The molecule has 1 aliphatic rings. The van der Waals surface area contributed by atoms with Crippen molar-refractivity contribution in [1.29, 1.82) is 0 Å². The molecule has 1 fully saturated rings. The maximum Gasteiger partial charge on any atom is 0.269 e. The number of nitrogens with one attached hydrogen (secondary N) is 1. The Morgan fingerprint density at radius 3 is 2.65 bits per heavy atom. The van der Waals surface area contributed by atoms with Gasteiger partial charge in [0.2, 0.25) is 0 Å². The molecule has 0 aliphatic heterocycles. The lowest BCUT2D eigenvalue weighted by molar-refractivity contribution is -0.384. The number of non-ortho nitro benzene ring substituents is 1. The standard InChI is InChI=1S/C16H24N2O2/c1-3-14(10-12-8-9-12)17-16(4-2)13-6-5-7-15(11-13)18(19)20/h5-7,11-12,14,16-17H,3-4,8-10H2,1-2H3. The molecule has 0 bridgehead atoms. The average Bonchev–Trinajstić information content (AvgIpc) is 3.27. The first kappa shape index (κ1) is 15.0. The molecule has 0 spiro atoms. The largest absolute Gasteiger partial charge is 0.307 e. The Balaban J connectivity index is 2.05. The zero-order valence-electron chi connectivity index (χ0n) is 12.3. The number of benzene rings is 1. The summed E-state index contributed by atoms with van der Waals surface area (Å²) >= 11 is 0. The second kappa shape index (κ2) is 6.84. The molecule has 20 heavy (non-hydrogen) atoms. The minimum absolute atomic E-state index is 0.179. The predicted molar refractivity (Wildman–Crippen MR) is 80.7 cm³/mol. The lowest BCUT2D eigenvalue weighted by Crippen LogP contribution is -2.32. The Bertz CT molecular complexity index is 458. The fraction of sp³-hybridized carbons (Fsp3) is 0.625. The number of nitrogens with zero attached hydrogens (tertiary/aromatic N) is 1. The van der Waals surface area contributed by atoms with Crippen LogP contribution in [-0.2, 0) is 0 Å². The topological polar surface area (TPSA) is 55.2 Å². The highest BCUT2D eigenvalue weighted by Crippen LogP contribution is 2.35. The van der Waals surface area contributed by atoms with Crippen LogP contribution in [0, 0.1) is 16.0 Å². The smallest absolute Gasteiger partial charge is 0.269 e. The van der Waals surface area contributed by atoms with Gasteiger partial charge in [0.25, 0.3) is 5.69 Å². The van der Waals surface area contributed by atoms with E-state index >= 15 is 0 Å². The van der Waals surface area contributed by atoms with E-state index in [0.717, 1.165) is 24.3 Å². The zero-order chi connectivity index (χ0) is 14.5. The predicted octanol–water partition coefficient (Wildman–Crippen LogP) is 4.21. The Kier molecular flexibility index (Phi) is 5.12. The summed E-state index contributed by atoms with van der Waals surface area (Å²) in [4.78, 5) is 10.6. The Hall–Kier alpha value is -1.42. The molecule has 2 rings (SSSR count). The van der Waals surface area contributed by atoms with Crippen LogP contribution in [0.1, 0.15) is 57.6 Å². The van der Waals surface area contributed by atoms with Gasteiger partial charge in [-0.1, -0.05) is 38.8 Å². The summed E-state index contributed by atoms with van der Waals surface area (Å²) < 4.78 is 0.